The monoisotopic (exact) mass is 253 g/mol. The van der Waals surface area contributed by atoms with Gasteiger partial charge in [0.05, 0.1) is 5.56 Å². The van der Waals surface area contributed by atoms with E-state index in [-0.39, 0.29) is 10.7 Å². The second-order valence-corrected chi connectivity index (χ2v) is 4.76. The lowest BCUT2D eigenvalue weighted by Crippen LogP contribution is -2.00. The number of nitrogens with zero attached hydrogens (tertiary/aromatic N) is 1. The van der Waals surface area contributed by atoms with Crippen molar-refractivity contribution in [3.8, 4) is 11.1 Å². The molecule has 82 valence electrons. The zero-order chi connectivity index (χ0) is 11.7. The number of carbonyl (C=O) groups is 1. The fourth-order valence-corrected chi connectivity index (χ4v) is 2.36. The van der Waals surface area contributed by atoms with Crippen LogP contribution in [0.1, 0.15) is 15.2 Å². The molecule has 16 heavy (non-hydrogen) atoms. The molecule has 2 heterocycles. The predicted molar refractivity (Wildman–Crippen MR) is 64.3 cm³/mol. The number of carboxylic acid groups (broad SMARTS) is 1. The molecule has 0 aromatic carbocycles. The molecule has 2 rings (SSSR count). The van der Waals surface area contributed by atoms with Crippen molar-refractivity contribution in [1.29, 1.82) is 0 Å². The lowest BCUT2D eigenvalue weighted by molar-refractivity contribution is 0.0697. The van der Waals surface area contributed by atoms with Crippen molar-refractivity contribution in [1.82, 2.24) is 4.98 Å². The number of rotatable bonds is 2. The van der Waals surface area contributed by atoms with Crippen LogP contribution in [0.15, 0.2) is 23.7 Å². The van der Waals surface area contributed by atoms with E-state index in [1.165, 1.54) is 12.3 Å². The van der Waals surface area contributed by atoms with Crippen LogP contribution in [0.2, 0.25) is 5.15 Å². The Bertz CT molecular complexity index is 551. The molecule has 0 aliphatic carbocycles. The zero-order valence-corrected chi connectivity index (χ0v) is 9.97. The number of pyridine rings is 1. The van der Waals surface area contributed by atoms with E-state index in [9.17, 15) is 4.79 Å². The van der Waals surface area contributed by atoms with Gasteiger partial charge in [-0.3, -0.25) is 0 Å². The third-order valence-corrected chi connectivity index (χ3v) is 3.30. The fraction of sp³-hybridized carbons (Fsp3) is 0.0909. The number of aromatic nitrogens is 1. The van der Waals surface area contributed by atoms with E-state index in [1.54, 1.807) is 11.3 Å². The lowest BCUT2D eigenvalue weighted by atomic mass is 10.0. The maximum atomic E-state index is 11.1. The van der Waals surface area contributed by atoms with Crippen LogP contribution in [-0.2, 0) is 0 Å². The summed E-state index contributed by atoms with van der Waals surface area (Å²) in [5.41, 5.74) is 1.68. The average molecular weight is 254 g/mol. The normalized spacial score (nSPS) is 10.4. The van der Waals surface area contributed by atoms with Crippen molar-refractivity contribution < 1.29 is 9.90 Å². The molecule has 2 aromatic heterocycles. The minimum atomic E-state index is -0.995. The highest BCUT2D eigenvalue weighted by Gasteiger charge is 2.15. The number of aryl methyl sites for hydroxylation is 1. The Morgan fingerprint density at radius 1 is 1.50 bits per heavy atom. The third-order valence-electron chi connectivity index (χ3n) is 2.25. The summed E-state index contributed by atoms with van der Waals surface area (Å²) in [6.45, 7) is 1.94. The highest BCUT2D eigenvalue weighted by Crippen LogP contribution is 2.30. The summed E-state index contributed by atoms with van der Waals surface area (Å²) in [6.07, 6.45) is 1.50. The van der Waals surface area contributed by atoms with Crippen LogP contribution in [0, 0.1) is 6.92 Å². The molecule has 0 spiro atoms. The van der Waals surface area contributed by atoms with E-state index >= 15 is 0 Å². The maximum Gasteiger partial charge on any atom is 0.336 e. The van der Waals surface area contributed by atoms with E-state index in [0.717, 1.165) is 10.4 Å². The largest absolute Gasteiger partial charge is 0.478 e. The molecule has 0 bridgehead atoms. The first kappa shape index (κ1) is 11.1. The van der Waals surface area contributed by atoms with Gasteiger partial charge < -0.3 is 5.11 Å². The van der Waals surface area contributed by atoms with Crippen molar-refractivity contribution in [3.05, 3.63) is 39.3 Å². The first-order valence-electron chi connectivity index (χ1n) is 4.53. The van der Waals surface area contributed by atoms with Gasteiger partial charge >= 0.3 is 5.97 Å². The van der Waals surface area contributed by atoms with Crippen LogP contribution in [0.25, 0.3) is 11.1 Å². The number of thiophene rings is 1. The van der Waals surface area contributed by atoms with E-state index in [2.05, 4.69) is 4.98 Å². The van der Waals surface area contributed by atoms with E-state index in [4.69, 9.17) is 16.7 Å². The number of carboxylic acids is 1. The predicted octanol–water partition coefficient (Wildman–Crippen LogP) is 3.47. The number of aromatic carboxylic acids is 1. The Morgan fingerprint density at radius 2 is 2.25 bits per heavy atom. The first-order valence-corrected chi connectivity index (χ1v) is 5.78. The van der Waals surface area contributed by atoms with Gasteiger partial charge in [0, 0.05) is 16.6 Å². The van der Waals surface area contributed by atoms with Gasteiger partial charge in [0.1, 0.15) is 5.15 Å². The minimum absolute atomic E-state index is 0.182. The Balaban J connectivity index is 2.65. The van der Waals surface area contributed by atoms with Gasteiger partial charge in [-0.25, -0.2) is 9.78 Å². The zero-order valence-electron chi connectivity index (χ0n) is 8.40. The van der Waals surface area contributed by atoms with E-state index < -0.39 is 5.97 Å². The quantitative estimate of drug-likeness (QED) is 0.834. The molecule has 1 N–H and O–H groups in total. The molecule has 0 saturated carbocycles. The highest BCUT2D eigenvalue weighted by atomic mass is 35.5. The van der Waals surface area contributed by atoms with Gasteiger partial charge in [0.25, 0.3) is 0 Å². The second kappa shape index (κ2) is 4.23. The van der Waals surface area contributed by atoms with Crippen LogP contribution >= 0.6 is 22.9 Å². The molecule has 0 saturated heterocycles. The summed E-state index contributed by atoms with van der Waals surface area (Å²) in [5, 5.41) is 11.2. The molecular weight excluding hydrogens is 246 g/mol. The molecule has 0 amide bonds. The van der Waals surface area contributed by atoms with Crippen LogP contribution in [0.4, 0.5) is 0 Å². The lowest BCUT2D eigenvalue weighted by Gasteiger charge is -2.05. The van der Waals surface area contributed by atoms with Crippen LogP contribution in [-0.4, -0.2) is 16.1 Å². The molecule has 0 aliphatic heterocycles. The Labute approximate surface area is 101 Å². The fourth-order valence-electron chi connectivity index (χ4n) is 1.49. The van der Waals surface area contributed by atoms with Crippen molar-refractivity contribution in [2.45, 2.75) is 6.92 Å². The van der Waals surface area contributed by atoms with Gasteiger partial charge in [-0.15, -0.1) is 11.3 Å². The highest BCUT2D eigenvalue weighted by molar-refractivity contribution is 7.10. The average Bonchev–Trinajstić information content (AvgIpc) is 2.64. The van der Waals surface area contributed by atoms with Crippen molar-refractivity contribution in [2.75, 3.05) is 0 Å². The third kappa shape index (κ3) is 1.94. The summed E-state index contributed by atoms with van der Waals surface area (Å²) in [4.78, 5) is 16.1. The maximum absolute atomic E-state index is 11.1. The van der Waals surface area contributed by atoms with Gasteiger partial charge in [0.15, 0.2) is 0 Å². The standard InChI is InChI=1S/C11H8ClNO2S/c1-6-7(2-3-16-6)9-5-13-10(12)4-8(9)11(14)15/h2-5H,1H3,(H,14,15). The minimum Gasteiger partial charge on any atom is -0.478 e. The molecule has 0 fully saturated rings. The van der Waals surface area contributed by atoms with Crippen molar-refractivity contribution in [2.24, 2.45) is 0 Å². The molecule has 0 unspecified atom stereocenters. The Kier molecular flexibility index (Phi) is 2.94. The molecule has 3 nitrogen and oxygen atoms in total. The number of hydrogen-bond acceptors (Lipinski definition) is 3. The molecule has 5 heteroatoms. The second-order valence-electron chi connectivity index (χ2n) is 3.25. The van der Waals surface area contributed by atoms with Crippen LogP contribution in [0.5, 0.6) is 0 Å². The summed E-state index contributed by atoms with van der Waals surface area (Å²) < 4.78 is 0. The smallest absolute Gasteiger partial charge is 0.336 e. The molecule has 0 atom stereocenters. The molecule has 0 radical (unpaired) electrons. The molecular formula is C11H8ClNO2S. The van der Waals surface area contributed by atoms with Crippen molar-refractivity contribution in [3.63, 3.8) is 0 Å². The summed E-state index contributed by atoms with van der Waals surface area (Å²) in [7, 11) is 0. The van der Waals surface area contributed by atoms with Gasteiger partial charge in [-0.05, 0) is 30.0 Å². The van der Waals surface area contributed by atoms with Gasteiger partial charge in [-0.1, -0.05) is 11.6 Å². The topological polar surface area (TPSA) is 50.2 Å². The molecule has 2 aromatic rings. The van der Waals surface area contributed by atoms with E-state index in [1.807, 2.05) is 18.4 Å². The van der Waals surface area contributed by atoms with Gasteiger partial charge in [0.2, 0.25) is 0 Å². The Morgan fingerprint density at radius 3 is 2.81 bits per heavy atom. The van der Waals surface area contributed by atoms with Crippen molar-refractivity contribution >= 4 is 28.9 Å². The first-order chi connectivity index (χ1) is 7.59. The SMILES string of the molecule is Cc1sccc1-c1cnc(Cl)cc1C(=O)O. The summed E-state index contributed by atoms with van der Waals surface area (Å²) in [5.74, 6) is -0.995. The number of halogens is 1. The van der Waals surface area contributed by atoms with Crippen LogP contribution < -0.4 is 0 Å². The number of hydrogen-bond donors (Lipinski definition) is 1. The summed E-state index contributed by atoms with van der Waals surface area (Å²) >= 11 is 7.26. The summed E-state index contributed by atoms with van der Waals surface area (Å²) in [6, 6.07) is 3.26. The molecule has 0 aliphatic rings. The van der Waals surface area contributed by atoms with E-state index in [0.29, 0.717) is 5.56 Å². The van der Waals surface area contributed by atoms with Crippen LogP contribution in [0.3, 0.4) is 0 Å². The van der Waals surface area contributed by atoms with Gasteiger partial charge in [-0.2, -0.15) is 0 Å². The Hall–Kier alpha value is -1.39.